The lowest BCUT2D eigenvalue weighted by Crippen LogP contribution is -2.36. The van der Waals surface area contributed by atoms with Gasteiger partial charge in [-0.05, 0) is 48.9 Å². The predicted molar refractivity (Wildman–Crippen MR) is 104 cm³/mol. The molecule has 0 aromatic heterocycles. The van der Waals surface area contributed by atoms with E-state index in [-0.39, 0.29) is 11.8 Å². The van der Waals surface area contributed by atoms with Crippen LogP contribution in [0.25, 0.3) is 0 Å². The fourth-order valence-electron chi connectivity index (χ4n) is 2.99. The normalized spacial score (nSPS) is 16.7. The molecule has 0 radical (unpaired) electrons. The maximum Gasteiger partial charge on any atom is 0.239 e. The van der Waals surface area contributed by atoms with E-state index in [9.17, 15) is 9.59 Å². The van der Waals surface area contributed by atoms with Gasteiger partial charge in [0.15, 0.2) is 0 Å². The van der Waals surface area contributed by atoms with E-state index in [0.717, 1.165) is 15.7 Å². The highest BCUT2D eigenvalue weighted by atomic mass is 79.9. The van der Waals surface area contributed by atoms with E-state index >= 15 is 0 Å². The van der Waals surface area contributed by atoms with Gasteiger partial charge in [0, 0.05) is 33.8 Å². The highest BCUT2D eigenvalue weighted by Gasteiger charge is 2.37. The van der Waals surface area contributed by atoms with Crippen LogP contribution in [0.5, 0.6) is 5.75 Å². The van der Waals surface area contributed by atoms with Crippen molar-refractivity contribution in [2.24, 2.45) is 5.92 Å². The molecule has 2 amide bonds. The summed E-state index contributed by atoms with van der Waals surface area (Å²) in [4.78, 5) is 26.8. The number of benzene rings is 2. The second kappa shape index (κ2) is 8.10. The van der Waals surface area contributed by atoms with Crippen molar-refractivity contribution in [1.29, 1.82) is 0 Å². The average Bonchev–Trinajstić information content (AvgIpc) is 3.02. The third kappa shape index (κ3) is 4.02. The van der Waals surface area contributed by atoms with E-state index in [2.05, 4.69) is 21.2 Å². The van der Waals surface area contributed by atoms with Crippen molar-refractivity contribution < 1.29 is 14.3 Å². The van der Waals surface area contributed by atoms with Crippen LogP contribution < -0.4 is 15.0 Å². The number of carbonyl (C=O) groups is 2. The lowest BCUT2D eigenvalue weighted by atomic mass is 10.1. The Morgan fingerprint density at radius 2 is 2.04 bits per heavy atom. The third-order valence-corrected chi connectivity index (χ3v) is 5.10. The van der Waals surface area contributed by atoms with Crippen molar-refractivity contribution in [2.75, 3.05) is 18.6 Å². The minimum Gasteiger partial charge on any atom is -0.496 e. The maximum absolute atomic E-state index is 12.6. The van der Waals surface area contributed by atoms with E-state index < -0.39 is 5.92 Å². The van der Waals surface area contributed by atoms with Gasteiger partial charge in [-0.1, -0.05) is 27.5 Å². The number of rotatable bonds is 5. The second-order valence-electron chi connectivity index (χ2n) is 5.98. The Hall–Kier alpha value is -2.05. The summed E-state index contributed by atoms with van der Waals surface area (Å²) in [5.74, 6) is -0.447. The first-order chi connectivity index (χ1) is 12.5. The molecular formula is C19H18BrClN2O3. The summed E-state index contributed by atoms with van der Waals surface area (Å²) >= 11 is 9.30. The maximum atomic E-state index is 12.6. The monoisotopic (exact) mass is 436 g/mol. The number of nitrogens with zero attached hydrogens (tertiary/aromatic N) is 1. The van der Waals surface area contributed by atoms with Crippen LogP contribution in [-0.4, -0.2) is 25.5 Å². The topological polar surface area (TPSA) is 58.6 Å². The van der Waals surface area contributed by atoms with E-state index in [0.29, 0.717) is 30.3 Å². The molecule has 1 N–H and O–H groups in total. The first kappa shape index (κ1) is 18.7. The molecule has 1 fully saturated rings. The summed E-state index contributed by atoms with van der Waals surface area (Å²) in [5, 5.41) is 3.45. The highest BCUT2D eigenvalue weighted by molar-refractivity contribution is 9.10. The van der Waals surface area contributed by atoms with Gasteiger partial charge in [-0.3, -0.25) is 9.59 Å². The largest absolute Gasteiger partial charge is 0.496 e. The van der Waals surface area contributed by atoms with Gasteiger partial charge >= 0.3 is 0 Å². The van der Waals surface area contributed by atoms with Crippen LogP contribution in [0.4, 0.5) is 5.69 Å². The summed E-state index contributed by atoms with van der Waals surface area (Å²) in [6.45, 7) is 0.810. The van der Waals surface area contributed by atoms with Gasteiger partial charge in [0.25, 0.3) is 0 Å². The summed E-state index contributed by atoms with van der Waals surface area (Å²) in [7, 11) is 1.58. The van der Waals surface area contributed by atoms with Crippen molar-refractivity contribution in [1.82, 2.24) is 5.32 Å². The van der Waals surface area contributed by atoms with Gasteiger partial charge in [0.2, 0.25) is 11.8 Å². The molecule has 1 heterocycles. The molecule has 0 aliphatic carbocycles. The predicted octanol–water partition coefficient (Wildman–Crippen LogP) is 3.78. The Morgan fingerprint density at radius 3 is 2.73 bits per heavy atom. The standard InChI is InChI=1S/C19H18BrClN2O3/c1-26-17-7-2-13(20)10-12(17)11-22-18(24)16-8-9-23(19(16)25)15-5-3-14(21)4-6-15/h2-7,10,16H,8-9,11H2,1H3,(H,22,24). The number of amides is 2. The molecule has 1 atom stereocenters. The van der Waals surface area contributed by atoms with E-state index in [1.807, 2.05) is 18.2 Å². The first-order valence-electron chi connectivity index (χ1n) is 8.16. The number of hydrogen-bond donors (Lipinski definition) is 1. The Balaban J connectivity index is 1.65. The molecular weight excluding hydrogens is 420 g/mol. The molecule has 0 saturated carbocycles. The fourth-order valence-corrected chi connectivity index (χ4v) is 3.53. The highest BCUT2D eigenvalue weighted by Crippen LogP contribution is 2.27. The zero-order valence-corrected chi connectivity index (χ0v) is 16.5. The Kier molecular flexibility index (Phi) is 5.84. The Bertz CT molecular complexity index is 826. The van der Waals surface area contributed by atoms with Crippen molar-refractivity contribution in [3.8, 4) is 5.75 Å². The van der Waals surface area contributed by atoms with Crippen molar-refractivity contribution in [3.05, 3.63) is 57.5 Å². The number of nitrogens with one attached hydrogen (secondary N) is 1. The summed E-state index contributed by atoms with van der Waals surface area (Å²) in [6.07, 6.45) is 0.489. The summed E-state index contributed by atoms with van der Waals surface area (Å²) in [6, 6.07) is 12.6. The molecule has 0 spiro atoms. The number of hydrogen-bond acceptors (Lipinski definition) is 3. The van der Waals surface area contributed by atoms with E-state index in [1.54, 1.807) is 36.3 Å². The molecule has 1 aliphatic heterocycles. The molecule has 2 aromatic carbocycles. The van der Waals surface area contributed by atoms with Crippen LogP contribution >= 0.6 is 27.5 Å². The molecule has 136 valence electrons. The molecule has 5 nitrogen and oxygen atoms in total. The SMILES string of the molecule is COc1ccc(Br)cc1CNC(=O)C1CCN(c2ccc(Cl)cc2)C1=O. The van der Waals surface area contributed by atoms with Gasteiger partial charge in [0.05, 0.1) is 7.11 Å². The van der Waals surface area contributed by atoms with Gasteiger partial charge in [-0.15, -0.1) is 0 Å². The van der Waals surface area contributed by atoms with Crippen LogP contribution in [0.1, 0.15) is 12.0 Å². The summed E-state index contributed by atoms with van der Waals surface area (Å²) < 4.78 is 6.20. The molecule has 0 bridgehead atoms. The molecule has 1 saturated heterocycles. The number of ether oxygens (including phenoxy) is 1. The second-order valence-corrected chi connectivity index (χ2v) is 7.33. The molecule has 1 aliphatic rings. The Labute approximate surface area is 165 Å². The van der Waals surface area contributed by atoms with Gasteiger partial charge in [-0.25, -0.2) is 0 Å². The molecule has 7 heteroatoms. The molecule has 2 aromatic rings. The van der Waals surface area contributed by atoms with E-state index in [4.69, 9.17) is 16.3 Å². The third-order valence-electron chi connectivity index (χ3n) is 4.36. The zero-order chi connectivity index (χ0) is 18.7. The number of methoxy groups -OCH3 is 1. The minimum atomic E-state index is -0.677. The lowest BCUT2D eigenvalue weighted by molar-refractivity contribution is -0.132. The van der Waals surface area contributed by atoms with Crippen LogP contribution in [0.15, 0.2) is 46.9 Å². The fraction of sp³-hybridized carbons (Fsp3) is 0.263. The number of halogens is 2. The molecule has 1 unspecified atom stereocenters. The van der Waals surface area contributed by atoms with Crippen LogP contribution in [0, 0.1) is 5.92 Å². The van der Waals surface area contributed by atoms with Gasteiger partial charge in [-0.2, -0.15) is 0 Å². The average molecular weight is 438 g/mol. The van der Waals surface area contributed by atoms with Crippen LogP contribution in [-0.2, 0) is 16.1 Å². The zero-order valence-electron chi connectivity index (χ0n) is 14.2. The summed E-state index contributed by atoms with van der Waals surface area (Å²) in [5.41, 5.74) is 1.60. The van der Waals surface area contributed by atoms with Crippen molar-refractivity contribution >= 4 is 45.0 Å². The first-order valence-corrected chi connectivity index (χ1v) is 9.34. The van der Waals surface area contributed by atoms with Gasteiger partial charge < -0.3 is 15.0 Å². The quantitative estimate of drug-likeness (QED) is 0.724. The van der Waals surface area contributed by atoms with Crippen molar-refractivity contribution in [2.45, 2.75) is 13.0 Å². The Morgan fingerprint density at radius 1 is 1.31 bits per heavy atom. The smallest absolute Gasteiger partial charge is 0.239 e. The van der Waals surface area contributed by atoms with Crippen LogP contribution in [0.2, 0.25) is 5.02 Å². The molecule has 3 rings (SSSR count). The minimum absolute atomic E-state index is 0.189. The van der Waals surface area contributed by atoms with Crippen LogP contribution in [0.3, 0.4) is 0 Å². The number of anilines is 1. The lowest BCUT2D eigenvalue weighted by Gasteiger charge is -2.17. The van der Waals surface area contributed by atoms with Gasteiger partial charge in [0.1, 0.15) is 11.7 Å². The molecule has 26 heavy (non-hydrogen) atoms. The van der Waals surface area contributed by atoms with E-state index in [1.165, 1.54) is 0 Å². The van der Waals surface area contributed by atoms with Crippen molar-refractivity contribution in [3.63, 3.8) is 0 Å². The number of carbonyl (C=O) groups excluding carboxylic acids is 2.